The first-order chi connectivity index (χ1) is 17.8. The summed E-state index contributed by atoms with van der Waals surface area (Å²) in [7, 11) is 0. The maximum absolute atomic E-state index is 3.77. The molecule has 1 aliphatic heterocycles. The monoisotopic (exact) mass is 462 g/mol. The second kappa shape index (κ2) is 7.11. The molecule has 1 atom stereocenters. The summed E-state index contributed by atoms with van der Waals surface area (Å²) in [6.45, 7) is 2.26. The van der Waals surface area contributed by atoms with E-state index in [9.17, 15) is 0 Å². The summed E-state index contributed by atoms with van der Waals surface area (Å²) in [5.41, 5.74) is 14.4. The van der Waals surface area contributed by atoms with Crippen LogP contribution in [0.3, 0.4) is 0 Å². The minimum Gasteiger partial charge on any atom is -0.363 e. The first kappa shape index (κ1) is 19.9. The maximum Gasteiger partial charge on any atom is 0.104 e. The number of nitrogens with zero attached hydrogens (tertiary/aromatic N) is 1. The van der Waals surface area contributed by atoms with E-state index in [-0.39, 0.29) is 11.6 Å². The molecular formula is C34H26N2. The Labute approximate surface area is 211 Å². The SMILES string of the molecule is CCC1Nc2ccccc2N1c1cccc2c1-c1ccccc1C21c2ccccc2-c2ccccc21. The van der Waals surface area contributed by atoms with Crippen molar-refractivity contribution in [2.45, 2.75) is 24.9 Å². The second-order valence-electron chi connectivity index (χ2n) is 10.0. The molecule has 1 spiro atoms. The summed E-state index contributed by atoms with van der Waals surface area (Å²) in [5, 5.41) is 3.77. The molecule has 0 saturated carbocycles. The molecule has 0 aromatic heterocycles. The highest BCUT2D eigenvalue weighted by molar-refractivity contribution is 6.00. The fourth-order valence-electron chi connectivity index (χ4n) is 7.13. The highest BCUT2D eigenvalue weighted by atomic mass is 15.3. The lowest BCUT2D eigenvalue weighted by atomic mass is 9.70. The Kier molecular flexibility index (Phi) is 3.94. The average molecular weight is 463 g/mol. The predicted octanol–water partition coefficient (Wildman–Crippen LogP) is 8.33. The Hall–Kier alpha value is -4.30. The van der Waals surface area contributed by atoms with Gasteiger partial charge < -0.3 is 10.2 Å². The number of benzene rings is 5. The lowest BCUT2D eigenvalue weighted by Crippen LogP contribution is -2.31. The first-order valence-corrected chi connectivity index (χ1v) is 12.9. The van der Waals surface area contributed by atoms with Gasteiger partial charge in [0.1, 0.15) is 6.17 Å². The van der Waals surface area contributed by atoms with Crippen molar-refractivity contribution in [3.63, 3.8) is 0 Å². The van der Waals surface area contributed by atoms with Crippen molar-refractivity contribution in [3.8, 4) is 22.3 Å². The Balaban J connectivity index is 1.49. The van der Waals surface area contributed by atoms with Crippen LogP contribution < -0.4 is 10.2 Å². The molecule has 0 saturated heterocycles. The van der Waals surface area contributed by atoms with Gasteiger partial charge in [-0.1, -0.05) is 104 Å². The molecule has 1 heterocycles. The van der Waals surface area contributed by atoms with Crippen molar-refractivity contribution in [2.24, 2.45) is 0 Å². The van der Waals surface area contributed by atoms with Crippen LogP contribution in [0.1, 0.15) is 35.6 Å². The number of fused-ring (bicyclic) bond motifs is 11. The largest absolute Gasteiger partial charge is 0.363 e. The van der Waals surface area contributed by atoms with Crippen molar-refractivity contribution in [1.29, 1.82) is 0 Å². The zero-order valence-corrected chi connectivity index (χ0v) is 20.2. The van der Waals surface area contributed by atoms with Gasteiger partial charge >= 0.3 is 0 Å². The lowest BCUT2D eigenvalue weighted by Gasteiger charge is -2.32. The van der Waals surface area contributed by atoms with Crippen molar-refractivity contribution >= 4 is 17.1 Å². The fraction of sp³-hybridized carbons (Fsp3) is 0.118. The first-order valence-electron chi connectivity index (χ1n) is 12.9. The van der Waals surface area contributed by atoms with Gasteiger partial charge in [-0.3, -0.25) is 0 Å². The van der Waals surface area contributed by atoms with Crippen molar-refractivity contribution in [2.75, 3.05) is 10.2 Å². The zero-order chi connectivity index (χ0) is 23.9. The summed E-state index contributed by atoms with van der Waals surface area (Å²) in [6.07, 6.45) is 1.23. The normalized spacial score (nSPS) is 17.2. The van der Waals surface area contributed by atoms with Gasteiger partial charge in [0.15, 0.2) is 0 Å². The number of hydrogen-bond acceptors (Lipinski definition) is 2. The third-order valence-electron chi connectivity index (χ3n) is 8.44. The van der Waals surface area contributed by atoms with Crippen LogP contribution in [0, 0.1) is 0 Å². The van der Waals surface area contributed by atoms with E-state index in [1.807, 2.05) is 0 Å². The molecule has 1 N–H and O–H groups in total. The van der Waals surface area contributed by atoms with Gasteiger partial charge in [0.2, 0.25) is 0 Å². The topological polar surface area (TPSA) is 15.3 Å². The van der Waals surface area contributed by atoms with Crippen molar-refractivity contribution < 1.29 is 0 Å². The van der Waals surface area contributed by atoms with Gasteiger partial charge in [-0.2, -0.15) is 0 Å². The molecule has 172 valence electrons. The molecule has 0 radical (unpaired) electrons. The molecule has 2 aliphatic carbocycles. The van der Waals surface area contributed by atoms with E-state index in [0.717, 1.165) is 6.42 Å². The van der Waals surface area contributed by atoms with Crippen molar-refractivity contribution in [1.82, 2.24) is 0 Å². The minimum absolute atomic E-state index is 0.223. The molecule has 2 nitrogen and oxygen atoms in total. The molecule has 5 aromatic rings. The van der Waals surface area contributed by atoms with Gasteiger partial charge in [0.25, 0.3) is 0 Å². The van der Waals surface area contributed by atoms with Crippen LogP contribution >= 0.6 is 0 Å². The third kappa shape index (κ3) is 2.27. The number of anilines is 3. The highest BCUT2D eigenvalue weighted by Gasteiger charge is 2.52. The Morgan fingerprint density at radius 1 is 0.583 bits per heavy atom. The summed E-state index contributed by atoms with van der Waals surface area (Å²) < 4.78 is 0. The molecule has 0 fully saturated rings. The van der Waals surface area contributed by atoms with Gasteiger partial charge in [0, 0.05) is 5.56 Å². The lowest BCUT2D eigenvalue weighted by molar-refractivity contribution is 0.728. The second-order valence-corrected chi connectivity index (χ2v) is 10.0. The molecule has 0 bridgehead atoms. The van der Waals surface area contributed by atoms with Crippen LogP contribution in [0.15, 0.2) is 115 Å². The number of rotatable bonds is 2. The number of hydrogen-bond donors (Lipinski definition) is 1. The standard InChI is InChI=1S/C34H26N2/c1-2-32-35-29-19-9-10-20-30(29)36(32)31-21-11-18-28-33(31)24-14-5-8-17-27(24)34(28)25-15-6-3-12-22(25)23-13-4-7-16-26(23)34/h3-21,32,35H,2H2,1H3. The molecule has 0 amide bonds. The van der Waals surface area contributed by atoms with Crippen molar-refractivity contribution in [3.05, 3.63) is 138 Å². The third-order valence-corrected chi connectivity index (χ3v) is 8.44. The predicted molar refractivity (Wildman–Crippen MR) is 149 cm³/mol. The van der Waals surface area contributed by atoms with E-state index in [2.05, 4.69) is 132 Å². The quantitative estimate of drug-likeness (QED) is 0.278. The zero-order valence-electron chi connectivity index (χ0n) is 20.2. The van der Waals surface area contributed by atoms with E-state index >= 15 is 0 Å². The number of para-hydroxylation sites is 2. The molecule has 2 heteroatoms. The summed E-state index contributed by atoms with van der Waals surface area (Å²) in [6, 6.07) is 42.7. The molecule has 36 heavy (non-hydrogen) atoms. The Morgan fingerprint density at radius 3 is 1.81 bits per heavy atom. The van der Waals surface area contributed by atoms with E-state index in [4.69, 9.17) is 0 Å². The smallest absolute Gasteiger partial charge is 0.104 e. The molecule has 5 aromatic carbocycles. The summed E-state index contributed by atoms with van der Waals surface area (Å²) in [5.74, 6) is 0. The van der Waals surface area contributed by atoms with Crippen LogP contribution in [0.4, 0.5) is 17.1 Å². The van der Waals surface area contributed by atoms with Crippen LogP contribution in [-0.4, -0.2) is 6.17 Å². The van der Waals surface area contributed by atoms with E-state index in [0.29, 0.717) is 0 Å². The van der Waals surface area contributed by atoms with Gasteiger partial charge in [-0.15, -0.1) is 0 Å². The van der Waals surface area contributed by atoms with Crippen LogP contribution in [0.25, 0.3) is 22.3 Å². The average Bonchev–Trinajstić information content (AvgIpc) is 3.57. The van der Waals surface area contributed by atoms with Gasteiger partial charge in [-0.05, 0) is 63.6 Å². The maximum atomic E-state index is 3.77. The van der Waals surface area contributed by atoms with E-state index < -0.39 is 0 Å². The Morgan fingerprint density at radius 2 is 1.11 bits per heavy atom. The molecule has 3 aliphatic rings. The molecular weight excluding hydrogens is 436 g/mol. The minimum atomic E-state index is -0.302. The van der Waals surface area contributed by atoms with Crippen LogP contribution in [-0.2, 0) is 5.41 Å². The van der Waals surface area contributed by atoms with E-state index in [1.165, 1.54) is 61.6 Å². The van der Waals surface area contributed by atoms with Gasteiger partial charge in [0.05, 0.1) is 22.5 Å². The Bertz CT molecular complexity index is 1640. The summed E-state index contributed by atoms with van der Waals surface area (Å²) in [4.78, 5) is 2.52. The molecule has 8 rings (SSSR count). The fourth-order valence-corrected chi connectivity index (χ4v) is 7.13. The number of nitrogens with one attached hydrogen (secondary N) is 1. The van der Waals surface area contributed by atoms with Crippen LogP contribution in [0.5, 0.6) is 0 Å². The molecule has 1 unspecified atom stereocenters. The van der Waals surface area contributed by atoms with E-state index in [1.54, 1.807) is 0 Å². The highest BCUT2D eigenvalue weighted by Crippen LogP contribution is 2.64. The van der Waals surface area contributed by atoms with Crippen LogP contribution in [0.2, 0.25) is 0 Å². The van der Waals surface area contributed by atoms with Gasteiger partial charge in [-0.25, -0.2) is 0 Å². The summed E-state index contributed by atoms with van der Waals surface area (Å²) >= 11 is 0.